The summed E-state index contributed by atoms with van der Waals surface area (Å²) >= 11 is 1.50. The molecule has 4 heteroatoms. The number of fused-ring (bicyclic) bond motifs is 1. The lowest BCUT2D eigenvalue weighted by molar-refractivity contribution is -0.116. The summed E-state index contributed by atoms with van der Waals surface area (Å²) in [5, 5.41) is 0. The second-order valence-corrected chi connectivity index (χ2v) is 6.01. The molecule has 0 bridgehead atoms. The summed E-state index contributed by atoms with van der Waals surface area (Å²) in [4.78, 5) is 26.5. The van der Waals surface area contributed by atoms with Gasteiger partial charge in [0.15, 0.2) is 5.78 Å². The van der Waals surface area contributed by atoms with Crippen LogP contribution >= 0.6 is 11.8 Å². The lowest BCUT2D eigenvalue weighted by atomic mass is 10.1. The van der Waals surface area contributed by atoms with Gasteiger partial charge in [-0.15, -0.1) is 11.8 Å². The molecule has 1 aliphatic heterocycles. The molecule has 3 nitrogen and oxygen atoms in total. The third-order valence-corrected chi connectivity index (χ3v) is 4.52. The highest BCUT2D eigenvalue weighted by molar-refractivity contribution is 8.00. The third-order valence-electron chi connectivity index (χ3n) is 3.49. The fourth-order valence-corrected chi connectivity index (χ4v) is 3.33. The molecule has 0 spiro atoms. The van der Waals surface area contributed by atoms with E-state index in [9.17, 15) is 9.59 Å². The van der Waals surface area contributed by atoms with Crippen molar-refractivity contribution in [2.75, 3.05) is 10.7 Å². The maximum atomic E-state index is 12.2. The topological polar surface area (TPSA) is 37.4 Å². The van der Waals surface area contributed by atoms with Gasteiger partial charge >= 0.3 is 0 Å². The van der Waals surface area contributed by atoms with Crippen LogP contribution in [0.25, 0.3) is 0 Å². The van der Waals surface area contributed by atoms with Crippen LogP contribution in [0, 0.1) is 0 Å². The Labute approximate surface area is 128 Å². The average molecular weight is 297 g/mol. The fourth-order valence-electron chi connectivity index (χ4n) is 2.36. The summed E-state index contributed by atoms with van der Waals surface area (Å²) in [6, 6.07) is 15.5. The number of ketones is 1. The molecule has 0 unspecified atom stereocenters. The van der Waals surface area contributed by atoms with Crippen molar-refractivity contribution in [1.82, 2.24) is 0 Å². The normalized spacial score (nSPS) is 14.0. The van der Waals surface area contributed by atoms with Gasteiger partial charge in [-0.25, -0.2) is 0 Å². The molecule has 0 atom stereocenters. The predicted octanol–water partition coefficient (Wildman–Crippen LogP) is 3.53. The molecular weight excluding hydrogens is 282 g/mol. The summed E-state index contributed by atoms with van der Waals surface area (Å²) < 4.78 is 0. The number of amides is 1. The second-order valence-electron chi connectivity index (χ2n) is 4.99. The Bertz CT molecular complexity index is 697. The van der Waals surface area contributed by atoms with Crippen molar-refractivity contribution in [3.05, 3.63) is 59.7 Å². The first kappa shape index (κ1) is 13.9. The van der Waals surface area contributed by atoms with Crippen LogP contribution in [0.4, 0.5) is 5.69 Å². The molecule has 0 saturated carbocycles. The molecule has 3 rings (SSSR count). The number of rotatable bonds is 3. The zero-order valence-electron chi connectivity index (χ0n) is 11.7. The molecule has 2 aromatic carbocycles. The number of benzene rings is 2. The van der Waals surface area contributed by atoms with E-state index in [1.807, 2.05) is 42.5 Å². The quantitative estimate of drug-likeness (QED) is 0.813. The first-order valence-corrected chi connectivity index (χ1v) is 7.76. The summed E-state index contributed by atoms with van der Waals surface area (Å²) in [6.07, 6.45) is 0. The Morgan fingerprint density at radius 2 is 1.95 bits per heavy atom. The molecule has 0 saturated heterocycles. The van der Waals surface area contributed by atoms with Gasteiger partial charge < -0.3 is 4.90 Å². The Balaban J connectivity index is 1.95. The number of hydrogen-bond acceptors (Lipinski definition) is 3. The van der Waals surface area contributed by atoms with Crippen molar-refractivity contribution >= 4 is 29.1 Å². The first-order chi connectivity index (χ1) is 10.1. The van der Waals surface area contributed by atoms with Gasteiger partial charge in [-0.05, 0) is 30.7 Å². The number of Topliss-reactive ketones (excluding diaryl/α,β-unsaturated/α-hetero) is 1. The zero-order valence-corrected chi connectivity index (χ0v) is 12.5. The SMILES string of the molecule is CC(=O)c1ccc2c(c1)SCC(=O)N2Cc1ccccc1. The van der Waals surface area contributed by atoms with Crippen LogP contribution < -0.4 is 4.90 Å². The highest BCUT2D eigenvalue weighted by atomic mass is 32.2. The van der Waals surface area contributed by atoms with Gasteiger partial charge in [0.2, 0.25) is 5.91 Å². The van der Waals surface area contributed by atoms with Crippen LogP contribution in [0.5, 0.6) is 0 Å². The Hall–Kier alpha value is -2.07. The van der Waals surface area contributed by atoms with Crippen LogP contribution in [-0.2, 0) is 11.3 Å². The lowest BCUT2D eigenvalue weighted by Crippen LogP contribution is -2.34. The molecule has 1 amide bonds. The molecule has 0 radical (unpaired) electrons. The van der Waals surface area contributed by atoms with Crippen molar-refractivity contribution in [2.45, 2.75) is 18.4 Å². The van der Waals surface area contributed by atoms with E-state index in [1.54, 1.807) is 17.9 Å². The standard InChI is InChI=1S/C17H15NO2S/c1-12(19)14-7-8-15-16(9-14)21-11-17(20)18(15)10-13-5-3-2-4-6-13/h2-9H,10-11H2,1H3. The molecule has 106 valence electrons. The van der Waals surface area contributed by atoms with E-state index in [2.05, 4.69) is 0 Å². The third kappa shape index (κ3) is 2.85. The molecule has 0 aromatic heterocycles. The van der Waals surface area contributed by atoms with Gasteiger partial charge in [-0.2, -0.15) is 0 Å². The van der Waals surface area contributed by atoms with Crippen molar-refractivity contribution in [3.8, 4) is 0 Å². The Morgan fingerprint density at radius 1 is 1.19 bits per heavy atom. The molecule has 21 heavy (non-hydrogen) atoms. The van der Waals surface area contributed by atoms with Gasteiger partial charge in [0.05, 0.1) is 18.0 Å². The van der Waals surface area contributed by atoms with Crippen molar-refractivity contribution in [3.63, 3.8) is 0 Å². The maximum Gasteiger partial charge on any atom is 0.237 e. The van der Waals surface area contributed by atoms with E-state index in [0.29, 0.717) is 17.9 Å². The highest BCUT2D eigenvalue weighted by Gasteiger charge is 2.25. The summed E-state index contributed by atoms with van der Waals surface area (Å²) in [5.74, 6) is 0.568. The molecule has 1 heterocycles. The van der Waals surface area contributed by atoms with Crippen LogP contribution in [0.3, 0.4) is 0 Å². The van der Waals surface area contributed by atoms with E-state index >= 15 is 0 Å². The smallest absolute Gasteiger partial charge is 0.237 e. The first-order valence-electron chi connectivity index (χ1n) is 6.77. The Morgan fingerprint density at radius 3 is 2.67 bits per heavy atom. The van der Waals surface area contributed by atoms with E-state index in [-0.39, 0.29) is 11.7 Å². The second kappa shape index (κ2) is 5.74. The van der Waals surface area contributed by atoms with Crippen LogP contribution in [0.2, 0.25) is 0 Å². The van der Waals surface area contributed by atoms with E-state index < -0.39 is 0 Å². The van der Waals surface area contributed by atoms with Crippen molar-refractivity contribution < 1.29 is 9.59 Å². The minimum absolute atomic E-state index is 0.0462. The van der Waals surface area contributed by atoms with Gasteiger partial charge in [0, 0.05) is 10.5 Å². The zero-order chi connectivity index (χ0) is 14.8. The number of thioether (sulfide) groups is 1. The largest absolute Gasteiger partial charge is 0.306 e. The van der Waals surface area contributed by atoms with Gasteiger partial charge in [-0.3, -0.25) is 9.59 Å². The van der Waals surface area contributed by atoms with Gasteiger partial charge in [0.1, 0.15) is 0 Å². The summed E-state index contributed by atoms with van der Waals surface area (Å²) in [5.41, 5.74) is 2.68. The van der Waals surface area contributed by atoms with E-state index in [1.165, 1.54) is 11.8 Å². The number of carbonyl (C=O) groups excluding carboxylic acids is 2. The van der Waals surface area contributed by atoms with E-state index in [0.717, 1.165) is 16.1 Å². The van der Waals surface area contributed by atoms with Crippen molar-refractivity contribution in [2.24, 2.45) is 0 Å². The number of nitrogens with zero attached hydrogens (tertiary/aromatic N) is 1. The van der Waals surface area contributed by atoms with Crippen LogP contribution in [-0.4, -0.2) is 17.4 Å². The Kier molecular flexibility index (Phi) is 3.80. The molecule has 0 fully saturated rings. The van der Waals surface area contributed by atoms with Crippen LogP contribution in [0.1, 0.15) is 22.8 Å². The fraction of sp³-hybridized carbons (Fsp3) is 0.176. The molecule has 1 aliphatic rings. The minimum Gasteiger partial charge on any atom is -0.306 e. The summed E-state index contributed by atoms with van der Waals surface area (Å²) in [7, 11) is 0. The molecule has 0 aliphatic carbocycles. The molecule has 2 aromatic rings. The van der Waals surface area contributed by atoms with Gasteiger partial charge in [0.25, 0.3) is 0 Å². The van der Waals surface area contributed by atoms with Gasteiger partial charge in [-0.1, -0.05) is 30.3 Å². The highest BCUT2D eigenvalue weighted by Crippen LogP contribution is 2.36. The minimum atomic E-state index is 0.0462. The van der Waals surface area contributed by atoms with E-state index in [4.69, 9.17) is 0 Å². The maximum absolute atomic E-state index is 12.2. The lowest BCUT2D eigenvalue weighted by Gasteiger charge is -2.29. The molecular formula is C17H15NO2S. The average Bonchev–Trinajstić information content (AvgIpc) is 2.50. The number of anilines is 1. The number of hydrogen-bond donors (Lipinski definition) is 0. The van der Waals surface area contributed by atoms with Crippen LogP contribution in [0.15, 0.2) is 53.4 Å². The molecule has 0 N–H and O–H groups in total. The monoisotopic (exact) mass is 297 g/mol. The predicted molar refractivity (Wildman–Crippen MR) is 84.8 cm³/mol. The summed E-state index contributed by atoms with van der Waals surface area (Å²) in [6.45, 7) is 2.12. The number of carbonyl (C=O) groups is 2. The van der Waals surface area contributed by atoms with Crippen molar-refractivity contribution in [1.29, 1.82) is 0 Å².